The normalized spacial score (nSPS) is 16.7. The van der Waals surface area contributed by atoms with E-state index in [4.69, 9.17) is 5.21 Å². The van der Waals surface area contributed by atoms with Crippen LogP contribution in [0, 0.1) is 5.82 Å². The molecule has 0 saturated heterocycles. The highest BCUT2D eigenvalue weighted by molar-refractivity contribution is 5.93. The molecule has 1 atom stereocenters. The quantitative estimate of drug-likeness (QED) is 0.601. The summed E-state index contributed by atoms with van der Waals surface area (Å²) in [5, 5.41) is 12.0. The number of nitrogens with zero attached hydrogens (tertiary/aromatic N) is 1. The van der Waals surface area contributed by atoms with Crippen LogP contribution in [0.3, 0.4) is 0 Å². The zero-order valence-corrected chi connectivity index (χ0v) is 11.8. The van der Waals surface area contributed by atoms with Crippen LogP contribution in [0.15, 0.2) is 36.7 Å². The van der Waals surface area contributed by atoms with Gasteiger partial charge in [0.1, 0.15) is 5.82 Å². The number of anilines is 1. The number of hydroxylamine groups is 1. The number of hydrogen-bond donors (Lipinski definition) is 3. The minimum atomic E-state index is -0.822. The van der Waals surface area contributed by atoms with Crippen molar-refractivity contribution in [2.75, 3.05) is 5.32 Å². The predicted molar refractivity (Wildman–Crippen MR) is 79.3 cm³/mol. The average molecular weight is 301 g/mol. The number of fused-ring (bicyclic) bond motifs is 1. The highest BCUT2D eigenvalue weighted by atomic mass is 19.1. The van der Waals surface area contributed by atoms with Gasteiger partial charge in [-0.05, 0) is 54.7 Å². The number of benzene rings is 1. The Hall–Kier alpha value is -2.47. The molecule has 1 aromatic carbocycles. The maximum Gasteiger partial charge on any atom is 0.277 e. The SMILES string of the molecule is O=C(NO)c1cc2c(cc1F)CC(Nc1ccncc1)CC2. The number of pyridine rings is 1. The monoisotopic (exact) mass is 301 g/mol. The standard InChI is InChI=1S/C16H16FN3O2/c17-15-9-11-7-13(19-12-3-5-18-6-4-12)2-1-10(11)8-14(15)16(21)20-22/h3-6,8-9,13,22H,1-2,7H2,(H,18,19)(H,20,21). The Morgan fingerprint density at radius 3 is 2.77 bits per heavy atom. The molecule has 0 spiro atoms. The summed E-state index contributed by atoms with van der Waals surface area (Å²) in [6.45, 7) is 0. The summed E-state index contributed by atoms with van der Waals surface area (Å²) >= 11 is 0. The Morgan fingerprint density at radius 1 is 1.27 bits per heavy atom. The molecule has 0 bridgehead atoms. The number of rotatable bonds is 3. The van der Waals surface area contributed by atoms with Crippen LogP contribution in [0.5, 0.6) is 0 Å². The average Bonchev–Trinajstić information content (AvgIpc) is 2.54. The molecular weight excluding hydrogens is 285 g/mol. The molecule has 3 N–H and O–H groups in total. The molecule has 1 unspecified atom stereocenters. The lowest BCUT2D eigenvalue weighted by atomic mass is 9.86. The van der Waals surface area contributed by atoms with Gasteiger partial charge in [0.25, 0.3) is 5.91 Å². The van der Waals surface area contributed by atoms with Gasteiger partial charge >= 0.3 is 0 Å². The third-order valence-electron chi connectivity index (χ3n) is 3.92. The Bertz CT molecular complexity index is 691. The maximum absolute atomic E-state index is 14.0. The van der Waals surface area contributed by atoms with Crippen LogP contribution in [0.4, 0.5) is 10.1 Å². The van der Waals surface area contributed by atoms with Gasteiger partial charge in [-0.1, -0.05) is 0 Å². The highest BCUT2D eigenvalue weighted by Gasteiger charge is 2.22. The molecule has 0 saturated carbocycles. The molecule has 3 rings (SSSR count). The lowest BCUT2D eigenvalue weighted by Crippen LogP contribution is -2.28. The van der Waals surface area contributed by atoms with E-state index in [-0.39, 0.29) is 11.6 Å². The minimum absolute atomic E-state index is 0.123. The van der Waals surface area contributed by atoms with Crippen molar-refractivity contribution in [3.8, 4) is 0 Å². The third kappa shape index (κ3) is 2.92. The first kappa shape index (κ1) is 14.5. The zero-order chi connectivity index (χ0) is 15.5. The molecule has 1 amide bonds. The fourth-order valence-corrected chi connectivity index (χ4v) is 2.82. The van der Waals surface area contributed by atoms with E-state index >= 15 is 0 Å². The number of aromatic nitrogens is 1. The summed E-state index contributed by atoms with van der Waals surface area (Å²) in [6, 6.07) is 6.92. The van der Waals surface area contributed by atoms with E-state index in [9.17, 15) is 9.18 Å². The number of halogens is 1. The van der Waals surface area contributed by atoms with Crippen molar-refractivity contribution in [2.45, 2.75) is 25.3 Å². The molecule has 0 radical (unpaired) electrons. The topological polar surface area (TPSA) is 74.2 Å². The third-order valence-corrected chi connectivity index (χ3v) is 3.92. The largest absolute Gasteiger partial charge is 0.382 e. The van der Waals surface area contributed by atoms with Crippen LogP contribution >= 0.6 is 0 Å². The number of carbonyl (C=O) groups is 1. The molecule has 0 fully saturated rings. The van der Waals surface area contributed by atoms with Gasteiger partial charge in [-0.15, -0.1) is 0 Å². The molecule has 114 valence electrons. The van der Waals surface area contributed by atoms with Crippen molar-refractivity contribution in [1.82, 2.24) is 10.5 Å². The summed E-state index contributed by atoms with van der Waals surface area (Å²) in [5.74, 6) is -1.44. The second-order valence-electron chi connectivity index (χ2n) is 5.36. The van der Waals surface area contributed by atoms with Crippen LogP contribution in [0.1, 0.15) is 27.9 Å². The number of carbonyl (C=O) groups excluding carboxylic acids is 1. The fraction of sp³-hybridized carbons (Fsp3) is 0.250. The molecule has 2 aromatic rings. The Labute approximate surface area is 127 Å². The van der Waals surface area contributed by atoms with E-state index in [1.807, 2.05) is 12.1 Å². The van der Waals surface area contributed by atoms with Crippen molar-refractivity contribution in [1.29, 1.82) is 0 Å². The molecular formula is C16H16FN3O2. The minimum Gasteiger partial charge on any atom is -0.382 e. The van der Waals surface area contributed by atoms with Gasteiger partial charge in [0, 0.05) is 24.1 Å². The van der Waals surface area contributed by atoms with Gasteiger partial charge in [-0.3, -0.25) is 15.0 Å². The first-order valence-electron chi connectivity index (χ1n) is 7.09. The van der Waals surface area contributed by atoms with Crippen molar-refractivity contribution in [3.63, 3.8) is 0 Å². The van der Waals surface area contributed by atoms with E-state index in [1.54, 1.807) is 12.4 Å². The van der Waals surface area contributed by atoms with Gasteiger partial charge in [-0.2, -0.15) is 0 Å². The summed E-state index contributed by atoms with van der Waals surface area (Å²) < 4.78 is 14.0. The smallest absolute Gasteiger partial charge is 0.277 e. The molecule has 22 heavy (non-hydrogen) atoms. The van der Waals surface area contributed by atoms with Gasteiger partial charge in [-0.25, -0.2) is 9.87 Å². The Kier molecular flexibility index (Phi) is 4.02. The first-order chi connectivity index (χ1) is 10.7. The lowest BCUT2D eigenvalue weighted by Gasteiger charge is -2.27. The van der Waals surface area contributed by atoms with E-state index < -0.39 is 11.7 Å². The molecule has 1 aromatic heterocycles. The lowest BCUT2D eigenvalue weighted by molar-refractivity contribution is 0.0701. The molecule has 1 aliphatic carbocycles. The maximum atomic E-state index is 14.0. The van der Waals surface area contributed by atoms with Crippen LogP contribution in [-0.2, 0) is 12.8 Å². The number of aryl methyl sites for hydroxylation is 1. The molecule has 0 aliphatic heterocycles. The van der Waals surface area contributed by atoms with Crippen molar-refractivity contribution >= 4 is 11.6 Å². The first-order valence-corrected chi connectivity index (χ1v) is 7.09. The second-order valence-corrected chi connectivity index (χ2v) is 5.36. The van der Waals surface area contributed by atoms with Gasteiger partial charge < -0.3 is 5.32 Å². The Balaban J connectivity index is 1.79. The predicted octanol–water partition coefficient (Wildman–Crippen LogP) is 2.31. The molecule has 5 nitrogen and oxygen atoms in total. The van der Waals surface area contributed by atoms with Gasteiger partial charge in [0.05, 0.1) is 5.56 Å². The molecule has 6 heteroatoms. The van der Waals surface area contributed by atoms with Gasteiger partial charge in [0.15, 0.2) is 0 Å². The second kappa shape index (κ2) is 6.11. The van der Waals surface area contributed by atoms with Crippen molar-refractivity contribution in [3.05, 3.63) is 59.2 Å². The number of amides is 1. The van der Waals surface area contributed by atoms with E-state index in [0.717, 1.165) is 29.7 Å². The molecule has 1 heterocycles. The summed E-state index contributed by atoms with van der Waals surface area (Å²) in [6.07, 6.45) is 5.78. The van der Waals surface area contributed by atoms with E-state index in [1.165, 1.54) is 17.6 Å². The Morgan fingerprint density at radius 2 is 2.05 bits per heavy atom. The van der Waals surface area contributed by atoms with Crippen molar-refractivity contribution in [2.24, 2.45) is 0 Å². The summed E-state index contributed by atoms with van der Waals surface area (Å²) in [7, 11) is 0. The highest BCUT2D eigenvalue weighted by Crippen LogP contribution is 2.26. The van der Waals surface area contributed by atoms with Crippen LogP contribution < -0.4 is 10.8 Å². The van der Waals surface area contributed by atoms with Gasteiger partial charge in [0.2, 0.25) is 0 Å². The summed E-state index contributed by atoms with van der Waals surface area (Å²) in [5.41, 5.74) is 4.18. The fourth-order valence-electron chi connectivity index (χ4n) is 2.82. The van der Waals surface area contributed by atoms with Crippen LogP contribution in [0.2, 0.25) is 0 Å². The van der Waals surface area contributed by atoms with Crippen molar-refractivity contribution < 1.29 is 14.4 Å². The summed E-state index contributed by atoms with van der Waals surface area (Å²) in [4.78, 5) is 15.4. The zero-order valence-electron chi connectivity index (χ0n) is 11.8. The van der Waals surface area contributed by atoms with E-state index in [0.29, 0.717) is 6.42 Å². The number of nitrogens with one attached hydrogen (secondary N) is 2. The van der Waals surface area contributed by atoms with Crippen LogP contribution in [0.25, 0.3) is 0 Å². The molecule has 1 aliphatic rings. The van der Waals surface area contributed by atoms with E-state index in [2.05, 4.69) is 10.3 Å². The van der Waals surface area contributed by atoms with Crippen LogP contribution in [-0.4, -0.2) is 22.1 Å². The number of hydrogen-bond acceptors (Lipinski definition) is 4.